The van der Waals surface area contributed by atoms with E-state index in [2.05, 4.69) is 15.2 Å². The first kappa shape index (κ1) is 17.4. The molecule has 7 heteroatoms. The maximum atomic E-state index is 13.3. The second-order valence-electron chi connectivity index (χ2n) is 7.71. The zero-order valence-electron chi connectivity index (χ0n) is 15.5. The number of amides is 1. The summed E-state index contributed by atoms with van der Waals surface area (Å²) in [6.45, 7) is 6.08. The van der Waals surface area contributed by atoms with Gasteiger partial charge in [0.1, 0.15) is 0 Å². The van der Waals surface area contributed by atoms with E-state index in [1.54, 1.807) is 0 Å². The van der Waals surface area contributed by atoms with E-state index >= 15 is 0 Å². The van der Waals surface area contributed by atoms with Crippen molar-refractivity contribution in [3.8, 4) is 0 Å². The van der Waals surface area contributed by atoms with Crippen molar-refractivity contribution in [1.82, 2.24) is 20.1 Å². The van der Waals surface area contributed by atoms with E-state index in [0.717, 1.165) is 62.2 Å². The number of carbonyl (C=O) groups is 1. The molecule has 4 heterocycles. The molecule has 3 atom stereocenters. The highest BCUT2D eigenvalue weighted by molar-refractivity contribution is 6.06. The van der Waals surface area contributed by atoms with Gasteiger partial charge in [-0.05, 0) is 45.6 Å². The molecule has 2 aliphatic rings. The van der Waals surface area contributed by atoms with Crippen LogP contribution in [0.15, 0.2) is 6.07 Å². The number of carbonyl (C=O) groups excluding carboxylic acids is 1. The summed E-state index contributed by atoms with van der Waals surface area (Å²) in [7, 11) is 0. The molecule has 2 aliphatic heterocycles. The van der Waals surface area contributed by atoms with Gasteiger partial charge in [-0.25, -0.2) is 4.98 Å². The number of pyridine rings is 1. The Labute approximate surface area is 153 Å². The number of rotatable bonds is 2. The number of ether oxygens (including phenoxy) is 1. The maximum Gasteiger partial charge on any atom is 0.254 e. The molecule has 0 radical (unpaired) electrons. The molecule has 140 valence electrons. The highest BCUT2D eigenvalue weighted by atomic mass is 16.5. The Morgan fingerprint density at radius 1 is 1.38 bits per heavy atom. The lowest BCUT2D eigenvalue weighted by Crippen LogP contribution is -2.47. The standard InChI is InChI=1S/C19H27N5O2/c1-11-8-15(17-12(2)22-23-18(17)21-11)19(25)24-6-3-4-13(10-24)16-9-14(20)5-7-26-16/h8,13-14,16H,3-7,9-10,20H2,1-2H3,(H,21,22,23). The lowest BCUT2D eigenvalue weighted by atomic mass is 9.87. The van der Waals surface area contributed by atoms with Crippen molar-refractivity contribution < 1.29 is 9.53 Å². The van der Waals surface area contributed by atoms with Gasteiger partial charge in [-0.1, -0.05) is 0 Å². The number of nitrogens with one attached hydrogen (secondary N) is 1. The fourth-order valence-electron chi connectivity index (χ4n) is 4.32. The number of piperidine rings is 1. The number of aromatic amines is 1. The Kier molecular flexibility index (Phi) is 4.67. The molecule has 3 N–H and O–H groups in total. The van der Waals surface area contributed by atoms with Crippen molar-refractivity contribution in [3.63, 3.8) is 0 Å². The minimum Gasteiger partial charge on any atom is -0.378 e. The molecule has 0 bridgehead atoms. The van der Waals surface area contributed by atoms with Crippen molar-refractivity contribution in [2.24, 2.45) is 11.7 Å². The van der Waals surface area contributed by atoms with Crippen molar-refractivity contribution >= 4 is 16.9 Å². The van der Waals surface area contributed by atoms with Crippen LogP contribution in [0.3, 0.4) is 0 Å². The van der Waals surface area contributed by atoms with E-state index in [1.807, 2.05) is 24.8 Å². The molecule has 1 amide bonds. The summed E-state index contributed by atoms with van der Waals surface area (Å²) in [6.07, 6.45) is 4.09. The number of hydrogen-bond acceptors (Lipinski definition) is 5. The van der Waals surface area contributed by atoms with Crippen LogP contribution in [0.5, 0.6) is 0 Å². The molecule has 2 fully saturated rings. The van der Waals surface area contributed by atoms with Crippen LogP contribution in [0, 0.1) is 19.8 Å². The fraction of sp³-hybridized carbons (Fsp3) is 0.632. The monoisotopic (exact) mass is 357 g/mol. The summed E-state index contributed by atoms with van der Waals surface area (Å²) in [6, 6.07) is 2.10. The van der Waals surface area contributed by atoms with Crippen molar-refractivity contribution in [2.45, 2.75) is 51.7 Å². The topological polar surface area (TPSA) is 97.1 Å². The minimum atomic E-state index is 0.0646. The first-order valence-electron chi connectivity index (χ1n) is 9.51. The maximum absolute atomic E-state index is 13.3. The molecule has 26 heavy (non-hydrogen) atoms. The predicted molar refractivity (Wildman–Crippen MR) is 98.9 cm³/mol. The second kappa shape index (κ2) is 6.96. The second-order valence-corrected chi connectivity index (χ2v) is 7.71. The van der Waals surface area contributed by atoms with Crippen LogP contribution in [-0.4, -0.2) is 57.8 Å². The quantitative estimate of drug-likeness (QED) is 0.856. The smallest absolute Gasteiger partial charge is 0.254 e. The van der Waals surface area contributed by atoms with Crippen LogP contribution in [0.2, 0.25) is 0 Å². The molecule has 2 aromatic rings. The zero-order chi connectivity index (χ0) is 18.3. The van der Waals surface area contributed by atoms with Gasteiger partial charge in [0.15, 0.2) is 5.65 Å². The normalized spacial score (nSPS) is 27.0. The largest absolute Gasteiger partial charge is 0.378 e. The van der Waals surface area contributed by atoms with Gasteiger partial charge >= 0.3 is 0 Å². The number of fused-ring (bicyclic) bond motifs is 1. The van der Waals surface area contributed by atoms with Crippen LogP contribution in [0.4, 0.5) is 0 Å². The van der Waals surface area contributed by atoms with Gasteiger partial charge in [0.25, 0.3) is 5.91 Å². The van der Waals surface area contributed by atoms with E-state index in [-0.39, 0.29) is 18.1 Å². The molecule has 0 saturated carbocycles. The van der Waals surface area contributed by atoms with Gasteiger partial charge in [0.2, 0.25) is 0 Å². The van der Waals surface area contributed by atoms with E-state index in [1.165, 1.54) is 0 Å². The Bertz CT molecular complexity index is 818. The molecule has 0 spiro atoms. The summed E-state index contributed by atoms with van der Waals surface area (Å²) in [5.74, 6) is 0.428. The van der Waals surface area contributed by atoms with Gasteiger partial charge in [-0.3, -0.25) is 9.89 Å². The van der Waals surface area contributed by atoms with Crippen LogP contribution in [0.25, 0.3) is 11.0 Å². The third-order valence-electron chi connectivity index (χ3n) is 5.69. The Morgan fingerprint density at radius 3 is 3.04 bits per heavy atom. The van der Waals surface area contributed by atoms with E-state index in [9.17, 15) is 4.79 Å². The molecule has 0 aliphatic carbocycles. The number of likely N-dealkylation sites (tertiary alicyclic amines) is 1. The number of nitrogens with two attached hydrogens (primary N) is 1. The first-order chi connectivity index (χ1) is 12.5. The molecular weight excluding hydrogens is 330 g/mol. The first-order valence-corrected chi connectivity index (χ1v) is 9.51. The van der Waals surface area contributed by atoms with Gasteiger partial charge in [0, 0.05) is 43.0 Å². The van der Waals surface area contributed by atoms with Crippen LogP contribution in [-0.2, 0) is 4.74 Å². The van der Waals surface area contributed by atoms with Gasteiger partial charge in [-0.2, -0.15) is 5.10 Å². The van der Waals surface area contributed by atoms with Crippen LogP contribution >= 0.6 is 0 Å². The highest BCUT2D eigenvalue weighted by Crippen LogP contribution is 2.29. The Balaban J connectivity index is 1.57. The summed E-state index contributed by atoms with van der Waals surface area (Å²) in [5, 5.41) is 8.01. The molecule has 0 aromatic carbocycles. The third kappa shape index (κ3) is 3.21. The van der Waals surface area contributed by atoms with Crippen molar-refractivity contribution in [3.05, 3.63) is 23.0 Å². The summed E-state index contributed by atoms with van der Waals surface area (Å²) < 4.78 is 5.97. The fourth-order valence-corrected chi connectivity index (χ4v) is 4.32. The lowest BCUT2D eigenvalue weighted by Gasteiger charge is -2.39. The van der Waals surface area contributed by atoms with Crippen molar-refractivity contribution in [1.29, 1.82) is 0 Å². The highest BCUT2D eigenvalue weighted by Gasteiger charge is 2.33. The Hall–Kier alpha value is -1.99. The molecule has 2 aromatic heterocycles. The average Bonchev–Trinajstić information content (AvgIpc) is 3.01. The van der Waals surface area contributed by atoms with E-state index in [4.69, 9.17) is 10.5 Å². The Morgan fingerprint density at radius 2 is 2.23 bits per heavy atom. The van der Waals surface area contributed by atoms with E-state index in [0.29, 0.717) is 17.1 Å². The summed E-state index contributed by atoms with van der Waals surface area (Å²) >= 11 is 0. The number of hydrogen-bond donors (Lipinski definition) is 2. The molecular formula is C19H27N5O2. The van der Waals surface area contributed by atoms with Crippen LogP contribution < -0.4 is 5.73 Å². The SMILES string of the molecule is Cc1cc(C(=O)N2CCCC(C3CC(N)CCO3)C2)c2c(C)[nH]nc2n1. The summed E-state index contributed by atoms with van der Waals surface area (Å²) in [4.78, 5) is 19.7. The van der Waals surface area contributed by atoms with E-state index < -0.39 is 0 Å². The molecule has 7 nitrogen and oxygen atoms in total. The van der Waals surface area contributed by atoms with Gasteiger partial charge < -0.3 is 15.4 Å². The molecule has 2 saturated heterocycles. The predicted octanol–water partition coefficient (Wildman–Crippen LogP) is 1.93. The third-order valence-corrected chi connectivity index (χ3v) is 5.69. The summed E-state index contributed by atoms with van der Waals surface area (Å²) in [5.41, 5.74) is 9.12. The van der Waals surface area contributed by atoms with Gasteiger partial charge in [-0.15, -0.1) is 0 Å². The lowest BCUT2D eigenvalue weighted by molar-refractivity contribution is -0.0439. The number of H-pyrrole nitrogens is 1. The zero-order valence-corrected chi connectivity index (χ0v) is 15.5. The van der Waals surface area contributed by atoms with Crippen LogP contribution in [0.1, 0.15) is 47.4 Å². The average molecular weight is 357 g/mol. The molecule has 4 rings (SSSR count). The number of aromatic nitrogens is 3. The number of aryl methyl sites for hydroxylation is 2. The molecule has 3 unspecified atom stereocenters. The van der Waals surface area contributed by atoms with Gasteiger partial charge in [0.05, 0.1) is 17.1 Å². The minimum absolute atomic E-state index is 0.0646. The number of nitrogens with zero attached hydrogens (tertiary/aromatic N) is 3. The van der Waals surface area contributed by atoms with Crippen molar-refractivity contribution in [2.75, 3.05) is 19.7 Å².